The zero-order valence-corrected chi connectivity index (χ0v) is 10.3. The fourth-order valence-electron chi connectivity index (χ4n) is 2.07. The molecule has 0 saturated carbocycles. The summed E-state index contributed by atoms with van der Waals surface area (Å²) in [6.07, 6.45) is 3.00. The number of thiophene rings is 1. The van der Waals surface area contributed by atoms with Crippen molar-refractivity contribution >= 4 is 17.2 Å². The van der Waals surface area contributed by atoms with Crippen molar-refractivity contribution in [2.24, 2.45) is 0 Å². The van der Waals surface area contributed by atoms with Crippen molar-refractivity contribution in [3.05, 3.63) is 22.4 Å². The summed E-state index contributed by atoms with van der Waals surface area (Å²) < 4.78 is 0. The monoisotopic (exact) mass is 238 g/mol. The van der Waals surface area contributed by atoms with Crippen LogP contribution in [0.2, 0.25) is 0 Å². The lowest BCUT2D eigenvalue weighted by Crippen LogP contribution is -2.44. The predicted octanol–water partition coefficient (Wildman–Crippen LogP) is 1.55. The Kier molecular flexibility index (Phi) is 3.96. The highest BCUT2D eigenvalue weighted by atomic mass is 32.1. The van der Waals surface area contributed by atoms with Gasteiger partial charge in [0.2, 0.25) is 5.91 Å². The summed E-state index contributed by atoms with van der Waals surface area (Å²) in [6, 6.07) is 2.36. The van der Waals surface area contributed by atoms with E-state index in [1.807, 2.05) is 0 Å². The van der Waals surface area contributed by atoms with Crippen molar-refractivity contribution in [2.75, 3.05) is 6.54 Å². The van der Waals surface area contributed by atoms with Crippen molar-refractivity contribution in [3.8, 4) is 0 Å². The molecule has 0 spiro atoms. The maximum absolute atomic E-state index is 11.8. The molecule has 1 amide bonds. The molecule has 2 heterocycles. The Morgan fingerprint density at radius 2 is 2.62 bits per heavy atom. The Balaban J connectivity index is 1.78. The first-order chi connectivity index (χ1) is 7.75. The lowest BCUT2D eigenvalue weighted by molar-refractivity contribution is -0.123. The number of carbonyl (C=O) groups excluding carboxylic acids is 1. The van der Waals surface area contributed by atoms with E-state index in [-0.39, 0.29) is 18.0 Å². The minimum absolute atomic E-state index is 0.0323. The fourth-order valence-corrected chi connectivity index (χ4v) is 2.75. The summed E-state index contributed by atoms with van der Waals surface area (Å²) in [5, 5.41) is 10.5. The van der Waals surface area contributed by atoms with Crippen LogP contribution in [0.5, 0.6) is 0 Å². The van der Waals surface area contributed by atoms with Gasteiger partial charge in [-0.05, 0) is 55.1 Å². The molecule has 1 aromatic rings. The first-order valence-electron chi connectivity index (χ1n) is 5.80. The van der Waals surface area contributed by atoms with Gasteiger partial charge in [0, 0.05) is 6.04 Å². The van der Waals surface area contributed by atoms with E-state index < -0.39 is 0 Å². The topological polar surface area (TPSA) is 41.1 Å². The molecule has 1 saturated heterocycles. The third-order valence-corrected chi connectivity index (χ3v) is 3.62. The maximum atomic E-state index is 11.8. The van der Waals surface area contributed by atoms with Gasteiger partial charge < -0.3 is 10.6 Å². The molecular weight excluding hydrogens is 220 g/mol. The number of nitrogens with one attached hydrogen (secondary N) is 2. The minimum Gasteiger partial charge on any atom is -0.352 e. The molecule has 1 fully saturated rings. The van der Waals surface area contributed by atoms with Crippen LogP contribution in [0, 0.1) is 0 Å². The van der Waals surface area contributed by atoms with Gasteiger partial charge in [-0.15, -0.1) is 0 Å². The first kappa shape index (κ1) is 11.6. The fraction of sp³-hybridized carbons (Fsp3) is 0.583. The normalized spacial score (nSPS) is 21.9. The average molecular weight is 238 g/mol. The molecule has 16 heavy (non-hydrogen) atoms. The van der Waals surface area contributed by atoms with Crippen molar-refractivity contribution in [1.82, 2.24) is 10.6 Å². The van der Waals surface area contributed by atoms with E-state index >= 15 is 0 Å². The van der Waals surface area contributed by atoms with Crippen LogP contribution in [0.25, 0.3) is 0 Å². The van der Waals surface area contributed by atoms with Crippen molar-refractivity contribution < 1.29 is 4.79 Å². The predicted molar refractivity (Wildman–Crippen MR) is 66.7 cm³/mol. The molecule has 0 aromatic carbocycles. The van der Waals surface area contributed by atoms with Crippen molar-refractivity contribution in [2.45, 2.75) is 38.3 Å². The van der Waals surface area contributed by atoms with Gasteiger partial charge in [-0.1, -0.05) is 0 Å². The summed E-state index contributed by atoms with van der Waals surface area (Å²) in [7, 11) is 0. The van der Waals surface area contributed by atoms with Crippen LogP contribution in [0.1, 0.15) is 25.3 Å². The van der Waals surface area contributed by atoms with E-state index in [4.69, 9.17) is 0 Å². The highest BCUT2D eigenvalue weighted by Gasteiger charge is 2.22. The van der Waals surface area contributed by atoms with Crippen LogP contribution in [-0.2, 0) is 11.2 Å². The van der Waals surface area contributed by atoms with Crippen LogP contribution in [0.4, 0.5) is 0 Å². The van der Waals surface area contributed by atoms with Crippen LogP contribution in [-0.4, -0.2) is 24.5 Å². The Hall–Kier alpha value is -0.870. The van der Waals surface area contributed by atoms with Gasteiger partial charge >= 0.3 is 0 Å². The molecule has 3 nitrogen and oxygen atoms in total. The van der Waals surface area contributed by atoms with Gasteiger partial charge in [0.15, 0.2) is 0 Å². The number of rotatable bonds is 4. The van der Waals surface area contributed by atoms with Gasteiger partial charge in [0.25, 0.3) is 0 Å². The van der Waals surface area contributed by atoms with Gasteiger partial charge in [-0.25, -0.2) is 0 Å². The number of amides is 1. The summed E-state index contributed by atoms with van der Waals surface area (Å²) in [6.45, 7) is 3.03. The van der Waals surface area contributed by atoms with E-state index in [1.165, 1.54) is 5.56 Å². The van der Waals surface area contributed by atoms with Gasteiger partial charge in [-0.2, -0.15) is 11.3 Å². The zero-order valence-electron chi connectivity index (χ0n) is 9.53. The molecule has 2 atom stereocenters. The van der Waals surface area contributed by atoms with E-state index in [0.29, 0.717) is 0 Å². The van der Waals surface area contributed by atoms with E-state index in [1.54, 1.807) is 11.3 Å². The van der Waals surface area contributed by atoms with Gasteiger partial charge in [-0.3, -0.25) is 4.79 Å². The third kappa shape index (κ3) is 3.06. The molecule has 88 valence electrons. The number of hydrogen-bond donors (Lipinski definition) is 2. The number of carbonyl (C=O) groups is 1. The minimum atomic E-state index is 0.0323. The smallest absolute Gasteiger partial charge is 0.237 e. The first-order valence-corrected chi connectivity index (χ1v) is 6.75. The molecule has 0 radical (unpaired) electrons. The Morgan fingerprint density at radius 1 is 1.75 bits per heavy atom. The standard InChI is InChI=1S/C12H18N2OS/c1-9(7-10-4-6-16-8-10)14-12(15)11-3-2-5-13-11/h4,6,8-9,11,13H,2-3,5,7H2,1H3,(H,14,15). The maximum Gasteiger partial charge on any atom is 0.237 e. The lowest BCUT2D eigenvalue weighted by atomic mass is 10.1. The van der Waals surface area contributed by atoms with E-state index in [2.05, 4.69) is 34.4 Å². The quantitative estimate of drug-likeness (QED) is 0.835. The summed E-state index contributed by atoms with van der Waals surface area (Å²) in [4.78, 5) is 11.8. The third-order valence-electron chi connectivity index (χ3n) is 2.89. The Bertz CT molecular complexity index is 331. The Morgan fingerprint density at radius 3 is 3.25 bits per heavy atom. The van der Waals surface area contributed by atoms with E-state index in [9.17, 15) is 4.79 Å². The molecule has 0 bridgehead atoms. The molecular formula is C12H18N2OS. The summed E-state index contributed by atoms with van der Waals surface area (Å²) in [5.41, 5.74) is 1.30. The second-order valence-electron chi connectivity index (χ2n) is 4.39. The average Bonchev–Trinajstić information content (AvgIpc) is 2.88. The molecule has 1 aliphatic heterocycles. The molecule has 1 aromatic heterocycles. The van der Waals surface area contributed by atoms with Gasteiger partial charge in [0.1, 0.15) is 0 Å². The SMILES string of the molecule is CC(Cc1ccsc1)NC(=O)C1CCCN1. The van der Waals surface area contributed by atoms with Crippen LogP contribution in [0.15, 0.2) is 16.8 Å². The lowest BCUT2D eigenvalue weighted by Gasteiger charge is -2.16. The molecule has 0 aliphatic carbocycles. The number of hydrogen-bond acceptors (Lipinski definition) is 3. The zero-order chi connectivity index (χ0) is 11.4. The molecule has 2 unspecified atom stereocenters. The van der Waals surface area contributed by atoms with Crippen molar-refractivity contribution in [1.29, 1.82) is 0 Å². The molecule has 4 heteroatoms. The highest BCUT2D eigenvalue weighted by molar-refractivity contribution is 7.07. The second kappa shape index (κ2) is 5.46. The molecule has 2 N–H and O–H groups in total. The second-order valence-corrected chi connectivity index (χ2v) is 5.17. The van der Waals surface area contributed by atoms with Crippen LogP contribution >= 0.6 is 11.3 Å². The molecule has 1 aliphatic rings. The largest absolute Gasteiger partial charge is 0.352 e. The van der Waals surface area contributed by atoms with E-state index in [0.717, 1.165) is 25.8 Å². The molecule has 2 rings (SSSR count). The van der Waals surface area contributed by atoms with Crippen LogP contribution < -0.4 is 10.6 Å². The van der Waals surface area contributed by atoms with Gasteiger partial charge in [0.05, 0.1) is 6.04 Å². The highest BCUT2D eigenvalue weighted by Crippen LogP contribution is 2.09. The summed E-state index contributed by atoms with van der Waals surface area (Å²) in [5.74, 6) is 0.153. The van der Waals surface area contributed by atoms with Crippen LogP contribution in [0.3, 0.4) is 0 Å². The Labute approximate surface area is 100 Å². The summed E-state index contributed by atoms with van der Waals surface area (Å²) >= 11 is 1.70. The van der Waals surface area contributed by atoms with Crippen molar-refractivity contribution in [3.63, 3.8) is 0 Å².